The fourth-order valence-electron chi connectivity index (χ4n) is 1.39. The van der Waals surface area contributed by atoms with E-state index < -0.39 is 0 Å². The third kappa shape index (κ3) is 2.88. The first kappa shape index (κ1) is 12.6. The zero-order valence-electron chi connectivity index (χ0n) is 9.20. The molecule has 1 aromatic carbocycles. The van der Waals surface area contributed by atoms with Crippen molar-refractivity contribution < 1.29 is 4.39 Å². The molecule has 17 heavy (non-hydrogen) atoms. The molecule has 0 saturated carbocycles. The molecule has 0 aliphatic carbocycles. The third-order valence-corrected chi connectivity index (χ3v) is 3.89. The summed E-state index contributed by atoms with van der Waals surface area (Å²) in [5, 5.41) is 12.6. The van der Waals surface area contributed by atoms with E-state index in [1.807, 2.05) is 7.05 Å². The van der Waals surface area contributed by atoms with Gasteiger partial charge >= 0.3 is 0 Å². The van der Waals surface area contributed by atoms with E-state index in [1.165, 1.54) is 17.4 Å². The molecule has 0 radical (unpaired) electrons. The van der Waals surface area contributed by atoms with E-state index >= 15 is 0 Å². The Hall–Kier alpha value is -0.850. The first-order valence-electron chi connectivity index (χ1n) is 5.13. The zero-order valence-corrected chi connectivity index (χ0v) is 11.6. The Kier molecular flexibility index (Phi) is 4.20. The summed E-state index contributed by atoms with van der Waals surface area (Å²) in [7, 11) is 1.88. The summed E-state index contributed by atoms with van der Waals surface area (Å²) in [4.78, 5) is 0. The molecule has 1 heterocycles. The summed E-state index contributed by atoms with van der Waals surface area (Å²) in [6, 6.07) is 4.88. The molecule has 1 N–H and O–H groups in total. The van der Waals surface area contributed by atoms with Crippen LogP contribution in [0.15, 0.2) is 22.7 Å². The first-order valence-corrected chi connectivity index (χ1v) is 6.74. The van der Waals surface area contributed by atoms with Gasteiger partial charge < -0.3 is 5.32 Å². The second kappa shape index (κ2) is 5.66. The van der Waals surface area contributed by atoms with Crippen molar-refractivity contribution in [1.82, 2.24) is 15.5 Å². The summed E-state index contributed by atoms with van der Waals surface area (Å²) in [6.45, 7) is 0.840. The fraction of sp³-hybridized carbons (Fsp3) is 0.273. The Balaban J connectivity index is 2.30. The molecule has 0 atom stereocenters. The molecule has 0 unspecified atom stereocenters. The topological polar surface area (TPSA) is 37.8 Å². The number of rotatable bonds is 4. The molecule has 0 fully saturated rings. The summed E-state index contributed by atoms with van der Waals surface area (Å²) >= 11 is 4.75. The average molecular weight is 316 g/mol. The van der Waals surface area contributed by atoms with Crippen molar-refractivity contribution in [2.24, 2.45) is 0 Å². The van der Waals surface area contributed by atoms with Gasteiger partial charge in [0.15, 0.2) is 5.01 Å². The maximum atomic E-state index is 13.7. The maximum Gasteiger partial charge on any atom is 0.151 e. The lowest BCUT2D eigenvalue weighted by atomic mass is 10.2. The van der Waals surface area contributed by atoms with Crippen molar-refractivity contribution >= 4 is 27.3 Å². The summed E-state index contributed by atoms with van der Waals surface area (Å²) in [5.74, 6) is -0.282. The minimum absolute atomic E-state index is 0.282. The van der Waals surface area contributed by atoms with Crippen molar-refractivity contribution in [2.45, 2.75) is 6.42 Å². The number of nitrogens with one attached hydrogen (secondary N) is 1. The van der Waals surface area contributed by atoms with Crippen LogP contribution in [0.4, 0.5) is 4.39 Å². The van der Waals surface area contributed by atoms with Gasteiger partial charge in [-0.2, -0.15) is 0 Å². The smallest absolute Gasteiger partial charge is 0.151 e. The lowest BCUT2D eigenvalue weighted by molar-refractivity contribution is 0.630. The van der Waals surface area contributed by atoms with E-state index in [-0.39, 0.29) is 5.82 Å². The number of aromatic nitrogens is 2. The highest BCUT2D eigenvalue weighted by Crippen LogP contribution is 2.32. The normalized spacial score (nSPS) is 10.8. The van der Waals surface area contributed by atoms with Crippen molar-refractivity contribution in [3.63, 3.8) is 0 Å². The minimum Gasteiger partial charge on any atom is -0.319 e. The standard InChI is InChI=1S/C11H11BrFN3S/c1-14-6-5-9-15-16-11(17-9)10-7(12)3-2-4-8(10)13/h2-4,14H,5-6H2,1H3. The van der Waals surface area contributed by atoms with E-state index in [2.05, 4.69) is 31.4 Å². The van der Waals surface area contributed by atoms with Gasteiger partial charge in [0.1, 0.15) is 10.8 Å². The van der Waals surface area contributed by atoms with Gasteiger partial charge in [0.2, 0.25) is 0 Å². The van der Waals surface area contributed by atoms with Gasteiger partial charge in [-0.15, -0.1) is 10.2 Å². The van der Waals surface area contributed by atoms with Crippen LogP contribution in [0.25, 0.3) is 10.6 Å². The number of hydrogen-bond donors (Lipinski definition) is 1. The van der Waals surface area contributed by atoms with E-state index in [0.29, 0.717) is 15.0 Å². The van der Waals surface area contributed by atoms with Gasteiger partial charge in [0.25, 0.3) is 0 Å². The number of nitrogens with zero attached hydrogens (tertiary/aromatic N) is 2. The molecule has 2 rings (SSSR count). The largest absolute Gasteiger partial charge is 0.319 e. The quantitative estimate of drug-likeness (QED) is 0.942. The first-order chi connectivity index (χ1) is 8.22. The van der Waals surface area contributed by atoms with Crippen molar-refractivity contribution in [2.75, 3.05) is 13.6 Å². The zero-order chi connectivity index (χ0) is 12.3. The van der Waals surface area contributed by atoms with Crippen molar-refractivity contribution in [1.29, 1.82) is 0 Å². The molecule has 6 heteroatoms. The average Bonchev–Trinajstić information content (AvgIpc) is 2.75. The Morgan fingerprint density at radius 1 is 1.41 bits per heavy atom. The summed E-state index contributed by atoms with van der Waals surface area (Å²) < 4.78 is 14.4. The van der Waals surface area contributed by atoms with Gasteiger partial charge in [-0.1, -0.05) is 17.4 Å². The molecule has 0 saturated heterocycles. The number of hydrogen-bond acceptors (Lipinski definition) is 4. The summed E-state index contributed by atoms with van der Waals surface area (Å²) in [5.41, 5.74) is 0.487. The Bertz CT molecular complexity index is 495. The van der Waals surface area contributed by atoms with Crippen molar-refractivity contribution in [3.05, 3.63) is 33.5 Å². The SMILES string of the molecule is CNCCc1nnc(-c2c(F)cccc2Br)s1. The number of halogens is 2. The monoisotopic (exact) mass is 315 g/mol. The second-order valence-corrected chi connectivity index (χ2v) is 5.37. The lowest BCUT2D eigenvalue weighted by Gasteiger charge is -2.00. The van der Waals surface area contributed by atoms with Crippen LogP contribution in [0, 0.1) is 5.82 Å². The molecule has 0 bridgehead atoms. The van der Waals surface area contributed by atoms with Gasteiger partial charge in [0.05, 0.1) is 5.56 Å². The lowest BCUT2D eigenvalue weighted by Crippen LogP contribution is -2.09. The van der Waals surface area contributed by atoms with Crippen LogP contribution in [0.3, 0.4) is 0 Å². The van der Waals surface area contributed by atoms with Crippen LogP contribution >= 0.6 is 27.3 Å². The predicted octanol–water partition coefficient (Wildman–Crippen LogP) is 2.87. The Morgan fingerprint density at radius 3 is 2.94 bits per heavy atom. The van der Waals surface area contributed by atoms with Crippen LogP contribution in [0.5, 0.6) is 0 Å². The van der Waals surface area contributed by atoms with Gasteiger partial charge in [-0.25, -0.2) is 4.39 Å². The van der Waals surface area contributed by atoms with Crippen LogP contribution < -0.4 is 5.32 Å². The molecular formula is C11H11BrFN3S. The molecule has 3 nitrogen and oxygen atoms in total. The maximum absolute atomic E-state index is 13.7. The van der Waals surface area contributed by atoms with E-state index in [4.69, 9.17) is 0 Å². The number of likely N-dealkylation sites (N-methyl/N-ethyl adjacent to an activating group) is 1. The van der Waals surface area contributed by atoms with Crippen LogP contribution in [0.1, 0.15) is 5.01 Å². The third-order valence-electron chi connectivity index (χ3n) is 2.23. The highest BCUT2D eigenvalue weighted by atomic mass is 79.9. The molecule has 2 aromatic rings. The fourth-order valence-corrected chi connectivity index (χ4v) is 2.95. The predicted molar refractivity (Wildman–Crippen MR) is 70.6 cm³/mol. The molecular weight excluding hydrogens is 305 g/mol. The second-order valence-electron chi connectivity index (χ2n) is 3.45. The van der Waals surface area contributed by atoms with E-state index in [0.717, 1.165) is 18.0 Å². The highest BCUT2D eigenvalue weighted by Gasteiger charge is 2.14. The molecule has 1 aromatic heterocycles. The van der Waals surface area contributed by atoms with Crippen LogP contribution in [0.2, 0.25) is 0 Å². The van der Waals surface area contributed by atoms with Gasteiger partial charge in [0, 0.05) is 17.4 Å². The summed E-state index contributed by atoms with van der Waals surface area (Å²) in [6.07, 6.45) is 0.806. The molecule has 0 aliphatic heterocycles. The molecule has 0 spiro atoms. The van der Waals surface area contributed by atoms with Crippen molar-refractivity contribution in [3.8, 4) is 10.6 Å². The number of benzene rings is 1. The van der Waals surface area contributed by atoms with Crippen LogP contribution in [-0.4, -0.2) is 23.8 Å². The molecule has 0 aliphatic rings. The Labute approximate surface area is 111 Å². The highest BCUT2D eigenvalue weighted by molar-refractivity contribution is 9.10. The molecule has 90 valence electrons. The van der Waals surface area contributed by atoms with E-state index in [1.54, 1.807) is 12.1 Å². The molecule has 0 amide bonds. The van der Waals surface area contributed by atoms with E-state index in [9.17, 15) is 4.39 Å². The van der Waals surface area contributed by atoms with Gasteiger partial charge in [-0.05, 0) is 35.1 Å². The van der Waals surface area contributed by atoms with Crippen LogP contribution in [-0.2, 0) is 6.42 Å². The minimum atomic E-state index is -0.282. The Morgan fingerprint density at radius 2 is 2.24 bits per heavy atom. The van der Waals surface area contributed by atoms with Gasteiger partial charge in [-0.3, -0.25) is 0 Å².